The number of hydrogen-bond acceptors (Lipinski definition) is 6. The number of fused-ring (bicyclic) bond motifs is 3. The topological polar surface area (TPSA) is 74.0 Å². The van der Waals surface area contributed by atoms with Crippen molar-refractivity contribution >= 4 is 27.8 Å². The predicted octanol–water partition coefficient (Wildman–Crippen LogP) is 7.99. The Bertz CT molecular complexity index is 1730. The molecule has 1 saturated heterocycles. The first-order valence-corrected chi connectivity index (χ1v) is 14.7. The molecule has 6 nitrogen and oxygen atoms in total. The van der Waals surface area contributed by atoms with E-state index in [0.717, 1.165) is 51.7 Å². The summed E-state index contributed by atoms with van der Waals surface area (Å²) in [5, 5.41) is 15.1. The zero-order chi connectivity index (χ0) is 31.4. The molecule has 7 heteroatoms. The van der Waals surface area contributed by atoms with E-state index in [9.17, 15) is 5.11 Å². The van der Waals surface area contributed by atoms with Gasteiger partial charge in [-0.05, 0) is 72.0 Å². The lowest BCUT2D eigenvalue weighted by atomic mass is 10.0. The maximum atomic E-state index is 15.7. The number of benzene rings is 4. The summed E-state index contributed by atoms with van der Waals surface area (Å²) in [5.74, 6) is 1.05. The second-order valence-corrected chi connectivity index (χ2v) is 10.9. The molecule has 2 aliphatic rings. The van der Waals surface area contributed by atoms with Crippen molar-refractivity contribution in [3.63, 3.8) is 0 Å². The van der Waals surface area contributed by atoms with E-state index >= 15 is 4.39 Å². The van der Waals surface area contributed by atoms with Crippen molar-refractivity contribution in [1.82, 2.24) is 5.32 Å². The summed E-state index contributed by atoms with van der Waals surface area (Å²) in [6.07, 6.45) is 5.31. The Labute approximate surface area is 258 Å². The number of halogens is 1. The van der Waals surface area contributed by atoms with Gasteiger partial charge in [0.25, 0.3) is 0 Å². The molecule has 1 unspecified atom stereocenters. The first kappa shape index (κ1) is 30.4. The van der Waals surface area contributed by atoms with Crippen LogP contribution in [0.5, 0.6) is 17.2 Å². The highest BCUT2D eigenvalue weighted by atomic mass is 19.1. The smallest absolute Gasteiger partial charge is 0.178 e. The maximum Gasteiger partial charge on any atom is 0.178 e. The Hall–Kier alpha value is -5.01. The molecule has 6 rings (SSSR count). The van der Waals surface area contributed by atoms with Crippen LogP contribution < -0.4 is 25.6 Å². The summed E-state index contributed by atoms with van der Waals surface area (Å²) >= 11 is 0. The van der Waals surface area contributed by atoms with Crippen LogP contribution in [-0.4, -0.2) is 30.8 Å². The Kier molecular flexibility index (Phi) is 9.07. The van der Waals surface area contributed by atoms with Crippen LogP contribution in [0, 0.1) is 12.7 Å². The van der Waals surface area contributed by atoms with Gasteiger partial charge in [0, 0.05) is 43.1 Å². The lowest BCUT2D eigenvalue weighted by molar-refractivity contribution is 0.470. The molecule has 0 aliphatic carbocycles. The largest absolute Gasteiger partial charge is 0.508 e. The van der Waals surface area contributed by atoms with Crippen molar-refractivity contribution in [3.05, 3.63) is 134 Å². The minimum atomic E-state index is -0.322. The molecule has 44 heavy (non-hydrogen) atoms. The summed E-state index contributed by atoms with van der Waals surface area (Å²) < 4.78 is 22.3. The zero-order valence-corrected chi connectivity index (χ0v) is 25.2. The number of ether oxygens (including phenoxy) is 1. The van der Waals surface area contributed by atoms with Gasteiger partial charge in [0.05, 0.1) is 11.4 Å². The number of aryl methyl sites for hydroxylation is 1. The van der Waals surface area contributed by atoms with Gasteiger partial charge in [-0.1, -0.05) is 55.6 Å². The Morgan fingerprint density at radius 2 is 1.80 bits per heavy atom. The number of rotatable bonds is 8. The van der Waals surface area contributed by atoms with Crippen molar-refractivity contribution in [2.24, 2.45) is 5.73 Å². The second-order valence-electron chi connectivity index (χ2n) is 10.9. The van der Waals surface area contributed by atoms with E-state index in [0.29, 0.717) is 42.5 Å². The molecule has 226 valence electrons. The third kappa shape index (κ3) is 6.05. The quantitative estimate of drug-likeness (QED) is 0.143. The van der Waals surface area contributed by atoms with E-state index in [4.69, 9.17) is 10.5 Å². The van der Waals surface area contributed by atoms with Gasteiger partial charge in [-0.25, -0.2) is 4.39 Å². The Morgan fingerprint density at radius 1 is 1.09 bits per heavy atom. The predicted molar refractivity (Wildman–Crippen MR) is 181 cm³/mol. The Balaban J connectivity index is 0.00000188. The van der Waals surface area contributed by atoms with Gasteiger partial charge < -0.3 is 30.7 Å². The van der Waals surface area contributed by atoms with E-state index in [1.54, 1.807) is 24.3 Å². The summed E-state index contributed by atoms with van der Waals surface area (Å²) in [6, 6.07) is 21.0. The van der Waals surface area contributed by atoms with Crippen LogP contribution in [0.1, 0.15) is 17.5 Å². The highest BCUT2D eigenvalue weighted by molar-refractivity contribution is 5.95. The fraction of sp³-hybridized carbons (Fsp3) is 0.189. The fourth-order valence-corrected chi connectivity index (χ4v) is 5.76. The normalized spacial score (nSPS) is 15.5. The van der Waals surface area contributed by atoms with Gasteiger partial charge in [0.2, 0.25) is 0 Å². The third-order valence-corrected chi connectivity index (χ3v) is 7.98. The molecular weight excluding hydrogens is 551 g/mol. The van der Waals surface area contributed by atoms with E-state index in [1.165, 1.54) is 0 Å². The Morgan fingerprint density at radius 3 is 2.45 bits per heavy atom. The highest BCUT2D eigenvalue weighted by Gasteiger charge is 2.34. The summed E-state index contributed by atoms with van der Waals surface area (Å²) in [6.45, 7) is 18.1. The minimum absolute atomic E-state index is 0.0134. The van der Waals surface area contributed by atoms with Gasteiger partial charge in [-0.15, -0.1) is 13.2 Å². The van der Waals surface area contributed by atoms with E-state index in [2.05, 4.69) is 48.7 Å². The summed E-state index contributed by atoms with van der Waals surface area (Å²) in [7, 11) is 0. The molecule has 4 N–H and O–H groups in total. The maximum absolute atomic E-state index is 15.7. The molecule has 1 atom stereocenters. The van der Waals surface area contributed by atoms with Gasteiger partial charge in [0.1, 0.15) is 11.4 Å². The molecule has 0 amide bonds. The van der Waals surface area contributed by atoms with Crippen LogP contribution in [0.15, 0.2) is 117 Å². The van der Waals surface area contributed by atoms with Crippen LogP contribution >= 0.6 is 0 Å². The average Bonchev–Trinajstić information content (AvgIpc) is 3.45. The molecule has 4 aromatic rings. The average molecular weight is 591 g/mol. The molecule has 4 aromatic carbocycles. The van der Waals surface area contributed by atoms with Crippen molar-refractivity contribution in [2.75, 3.05) is 29.4 Å². The number of nitrogens with two attached hydrogens (primary N) is 1. The number of aromatic hydroxyl groups is 1. The van der Waals surface area contributed by atoms with Crippen LogP contribution in [0.3, 0.4) is 0 Å². The standard InChI is InChI=1S/C35H35FN4O2.C2H4/c1-4-25(23(3)38-15-13-24-9-11-29(41)12-10-24)20-40-31-18-26-7-5-6-8-27(26)19-32(31)42-35-33(40)22(2)17-30(36)34(35)39-16-14-28(37)21-39;1-2/h4-12,17-20,28,38,41H,1,3,13-16,21,37H2,2H3;1-2H2/b25-20+;. The van der Waals surface area contributed by atoms with Gasteiger partial charge in [-0.3, -0.25) is 0 Å². The number of hydrogen-bond donors (Lipinski definition) is 3. The first-order chi connectivity index (χ1) is 21.3. The molecular formula is C37H39FN4O2. The number of nitrogens with one attached hydrogen (secondary N) is 1. The van der Waals surface area contributed by atoms with E-state index < -0.39 is 0 Å². The third-order valence-electron chi connectivity index (χ3n) is 7.98. The molecule has 0 radical (unpaired) electrons. The summed E-state index contributed by atoms with van der Waals surface area (Å²) in [4.78, 5) is 4.06. The van der Waals surface area contributed by atoms with Gasteiger partial charge >= 0.3 is 0 Å². The number of phenols is 1. The monoisotopic (exact) mass is 590 g/mol. The SMILES string of the molecule is C=C.C=C/C(=C\N1c2cc3ccccc3cc2Oc2c(N3CCC(N)C3)c(F)cc(C)c21)C(=C)NCCc1ccc(O)cc1. The molecule has 2 heterocycles. The minimum Gasteiger partial charge on any atom is -0.508 e. The number of allylic oxidation sites excluding steroid dienone is 1. The van der Waals surface area contributed by atoms with Crippen molar-refractivity contribution in [2.45, 2.75) is 25.8 Å². The lowest BCUT2D eigenvalue weighted by Gasteiger charge is -2.35. The van der Waals surface area contributed by atoms with Gasteiger partial charge in [-0.2, -0.15) is 0 Å². The van der Waals surface area contributed by atoms with Gasteiger partial charge in [0.15, 0.2) is 17.3 Å². The molecule has 0 bridgehead atoms. The van der Waals surface area contributed by atoms with Crippen molar-refractivity contribution in [1.29, 1.82) is 0 Å². The molecule has 2 aliphatic heterocycles. The van der Waals surface area contributed by atoms with E-state index in [-0.39, 0.29) is 17.6 Å². The van der Waals surface area contributed by atoms with Crippen LogP contribution in [0.2, 0.25) is 0 Å². The molecule has 0 aromatic heterocycles. The molecule has 0 saturated carbocycles. The van der Waals surface area contributed by atoms with Crippen molar-refractivity contribution < 1.29 is 14.2 Å². The second kappa shape index (κ2) is 13.1. The van der Waals surface area contributed by atoms with Crippen LogP contribution in [0.4, 0.5) is 21.5 Å². The number of anilines is 3. The number of nitrogens with zero attached hydrogens (tertiary/aromatic N) is 2. The zero-order valence-electron chi connectivity index (χ0n) is 25.2. The lowest BCUT2D eigenvalue weighted by Crippen LogP contribution is -2.28. The first-order valence-electron chi connectivity index (χ1n) is 14.7. The number of phenolic OH excluding ortho intramolecular Hbond substituents is 1. The van der Waals surface area contributed by atoms with Crippen LogP contribution in [-0.2, 0) is 6.42 Å². The summed E-state index contributed by atoms with van der Waals surface area (Å²) in [5.41, 5.74) is 11.6. The van der Waals surface area contributed by atoms with E-state index in [1.807, 2.05) is 54.4 Å². The van der Waals surface area contributed by atoms with Crippen molar-refractivity contribution in [3.8, 4) is 17.2 Å². The van der Waals surface area contributed by atoms with Crippen LogP contribution in [0.25, 0.3) is 10.8 Å². The molecule has 0 spiro atoms. The fourth-order valence-electron chi connectivity index (χ4n) is 5.76. The molecule has 1 fully saturated rings. The highest BCUT2D eigenvalue weighted by Crippen LogP contribution is 2.54.